The van der Waals surface area contributed by atoms with Crippen LogP contribution in [0.4, 0.5) is 19.3 Å². The van der Waals surface area contributed by atoms with Crippen molar-refractivity contribution >= 4 is 29.0 Å². The SMILES string of the molecule is CC(C)(C)OC(=O)Nc1c(C2=CCC(F)(F)CC2)ccnc1Cl. The van der Waals surface area contributed by atoms with Gasteiger partial charge in [-0.1, -0.05) is 17.7 Å². The zero-order valence-electron chi connectivity index (χ0n) is 13.3. The molecule has 7 heteroatoms. The number of rotatable bonds is 2. The molecule has 1 heterocycles. The summed E-state index contributed by atoms with van der Waals surface area (Å²) >= 11 is 6.06. The van der Waals surface area contributed by atoms with Gasteiger partial charge in [-0.25, -0.2) is 18.6 Å². The Balaban J connectivity index is 2.27. The van der Waals surface area contributed by atoms with Gasteiger partial charge in [-0.3, -0.25) is 5.32 Å². The van der Waals surface area contributed by atoms with Gasteiger partial charge in [0.05, 0.1) is 5.69 Å². The Labute approximate surface area is 138 Å². The van der Waals surface area contributed by atoms with Crippen molar-refractivity contribution in [2.75, 3.05) is 5.32 Å². The Kier molecular flexibility index (Phi) is 4.94. The molecule has 0 bridgehead atoms. The molecule has 1 aliphatic rings. The van der Waals surface area contributed by atoms with E-state index in [2.05, 4.69) is 10.3 Å². The van der Waals surface area contributed by atoms with Gasteiger partial charge in [0.15, 0.2) is 5.15 Å². The molecule has 0 spiro atoms. The van der Waals surface area contributed by atoms with Crippen LogP contribution in [0.5, 0.6) is 0 Å². The predicted molar refractivity (Wildman–Crippen MR) is 85.9 cm³/mol. The van der Waals surface area contributed by atoms with E-state index in [0.29, 0.717) is 11.1 Å². The first kappa shape index (κ1) is 17.7. The second-order valence-electron chi connectivity index (χ2n) is 6.44. The van der Waals surface area contributed by atoms with Crippen molar-refractivity contribution in [3.63, 3.8) is 0 Å². The number of ether oxygens (including phenoxy) is 1. The van der Waals surface area contributed by atoms with E-state index >= 15 is 0 Å². The Hall–Kier alpha value is -1.69. The van der Waals surface area contributed by atoms with Gasteiger partial charge in [-0.05, 0) is 38.8 Å². The number of hydrogen-bond acceptors (Lipinski definition) is 3. The highest BCUT2D eigenvalue weighted by atomic mass is 35.5. The summed E-state index contributed by atoms with van der Waals surface area (Å²) in [7, 11) is 0. The van der Waals surface area contributed by atoms with Crippen LogP contribution in [0.3, 0.4) is 0 Å². The number of alkyl halides is 2. The molecule has 2 rings (SSSR count). The number of hydrogen-bond donors (Lipinski definition) is 1. The van der Waals surface area contributed by atoms with Crippen molar-refractivity contribution < 1.29 is 18.3 Å². The van der Waals surface area contributed by atoms with Gasteiger partial charge in [0.2, 0.25) is 0 Å². The zero-order valence-corrected chi connectivity index (χ0v) is 14.0. The maximum Gasteiger partial charge on any atom is 0.412 e. The summed E-state index contributed by atoms with van der Waals surface area (Å²) in [6.07, 6.45) is 1.94. The summed E-state index contributed by atoms with van der Waals surface area (Å²) in [6.45, 7) is 5.22. The number of aromatic nitrogens is 1. The molecule has 1 amide bonds. The molecule has 0 saturated carbocycles. The molecule has 23 heavy (non-hydrogen) atoms. The van der Waals surface area contributed by atoms with Crippen LogP contribution in [0.25, 0.3) is 5.57 Å². The van der Waals surface area contributed by atoms with E-state index in [1.165, 1.54) is 12.3 Å². The van der Waals surface area contributed by atoms with Crippen LogP contribution in [0, 0.1) is 0 Å². The first-order valence-electron chi connectivity index (χ1n) is 7.29. The molecule has 0 radical (unpaired) electrons. The summed E-state index contributed by atoms with van der Waals surface area (Å²) in [4.78, 5) is 15.9. The number of amides is 1. The van der Waals surface area contributed by atoms with E-state index in [1.54, 1.807) is 26.8 Å². The van der Waals surface area contributed by atoms with Crippen LogP contribution in [-0.4, -0.2) is 22.6 Å². The van der Waals surface area contributed by atoms with Crippen molar-refractivity contribution in [3.8, 4) is 0 Å². The van der Waals surface area contributed by atoms with Crippen LogP contribution < -0.4 is 5.32 Å². The lowest BCUT2D eigenvalue weighted by molar-refractivity contribution is -0.00604. The van der Waals surface area contributed by atoms with E-state index in [0.717, 1.165) is 0 Å². The standard InChI is InChI=1S/C16H19ClF2N2O2/c1-15(2,3)23-14(22)21-12-11(6-9-20-13(12)17)10-4-7-16(18,19)8-5-10/h4,6,9H,5,7-8H2,1-3H3,(H,21,22). The fourth-order valence-electron chi connectivity index (χ4n) is 2.27. The number of halogens is 3. The third-order valence-corrected chi connectivity index (χ3v) is 3.57. The summed E-state index contributed by atoms with van der Waals surface area (Å²) in [6, 6.07) is 1.65. The van der Waals surface area contributed by atoms with Gasteiger partial charge in [0, 0.05) is 24.6 Å². The molecule has 0 fully saturated rings. The highest BCUT2D eigenvalue weighted by molar-refractivity contribution is 6.32. The lowest BCUT2D eigenvalue weighted by atomic mass is 9.91. The molecule has 4 nitrogen and oxygen atoms in total. The third kappa shape index (κ3) is 4.89. The molecule has 1 aromatic heterocycles. The van der Waals surface area contributed by atoms with Gasteiger partial charge in [-0.15, -0.1) is 0 Å². The predicted octanol–water partition coefficient (Wildman–Crippen LogP) is 5.28. The second-order valence-corrected chi connectivity index (χ2v) is 6.80. The Morgan fingerprint density at radius 3 is 2.70 bits per heavy atom. The molecule has 0 unspecified atom stereocenters. The fraction of sp³-hybridized carbons (Fsp3) is 0.500. The molecule has 0 atom stereocenters. The lowest BCUT2D eigenvalue weighted by Gasteiger charge is -2.24. The molecule has 126 valence electrons. The Morgan fingerprint density at radius 1 is 1.43 bits per heavy atom. The monoisotopic (exact) mass is 344 g/mol. The van der Waals surface area contributed by atoms with Crippen LogP contribution in [-0.2, 0) is 4.74 Å². The quantitative estimate of drug-likeness (QED) is 0.742. The first-order valence-corrected chi connectivity index (χ1v) is 7.67. The van der Waals surface area contributed by atoms with E-state index in [9.17, 15) is 13.6 Å². The van der Waals surface area contributed by atoms with Crippen molar-refractivity contribution in [3.05, 3.63) is 29.1 Å². The van der Waals surface area contributed by atoms with Crippen LogP contribution in [0.2, 0.25) is 5.15 Å². The summed E-state index contributed by atoms with van der Waals surface area (Å²) < 4.78 is 31.8. The molecule has 1 aliphatic carbocycles. The zero-order chi connectivity index (χ0) is 17.3. The van der Waals surface area contributed by atoms with Crippen LogP contribution in [0.15, 0.2) is 18.3 Å². The third-order valence-electron chi connectivity index (χ3n) is 3.28. The lowest BCUT2D eigenvalue weighted by Crippen LogP contribution is -2.27. The summed E-state index contributed by atoms with van der Waals surface area (Å²) in [5, 5.41) is 2.66. The smallest absolute Gasteiger partial charge is 0.412 e. The number of allylic oxidation sites excluding steroid dienone is 2. The molecule has 0 aliphatic heterocycles. The molecular weight excluding hydrogens is 326 g/mol. The molecular formula is C16H19ClF2N2O2. The Bertz CT molecular complexity index is 639. The molecule has 0 saturated heterocycles. The highest BCUT2D eigenvalue weighted by Crippen LogP contribution is 2.39. The average Bonchev–Trinajstić information content (AvgIpc) is 2.39. The number of carbonyl (C=O) groups excluding carboxylic acids is 1. The van der Waals surface area contributed by atoms with E-state index < -0.39 is 17.6 Å². The van der Waals surface area contributed by atoms with Gasteiger partial charge < -0.3 is 4.74 Å². The van der Waals surface area contributed by atoms with E-state index in [1.807, 2.05) is 0 Å². The fourth-order valence-corrected chi connectivity index (χ4v) is 2.47. The van der Waals surface area contributed by atoms with E-state index in [-0.39, 0.29) is 30.1 Å². The highest BCUT2D eigenvalue weighted by Gasteiger charge is 2.32. The van der Waals surface area contributed by atoms with Gasteiger partial charge >= 0.3 is 6.09 Å². The number of carbonyl (C=O) groups is 1. The van der Waals surface area contributed by atoms with Gasteiger partial charge in [0.1, 0.15) is 5.60 Å². The number of nitrogens with one attached hydrogen (secondary N) is 1. The van der Waals surface area contributed by atoms with Crippen molar-refractivity contribution in [2.45, 2.75) is 51.6 Å². The molecule has 1 N–H and O–H groups in total. The first-order chi connectivity index (χ1) is 10.6. The topological polar surface area (TPSA) is 51.2 Å². The van der Waals surface area contributed by atoms with Crippen molar-refractivity contribution in [2.24, 2.45) is 0 Å². The van der Waals surface area contributed by atoms with Crippen molar-refractivity contribution in [1.82, 2.24) is 4.98 Å². The summed E-state index contributed by atoms with van der Waals surface area (Å²) in [5.41, 5.74) is 0.919. The maximum absolute atomic E-state index is 13.3. The normalized spacial score (nSPS) is 17.4. The van der Waals surface area contributed by atoms with Gasteiger partial charge in [-0.2, -0.15) is 0 Å². The van der Waals surface area contributed by atoms with E-state index in [4.69, 9.17) is 16.3 Å². The largest absolute Gasteiger partial charge is 0.444 e. The van der Waals surface area contributed by atoms with Gasteiger partial charge in [0.25, 0.3) is 5.92 Å². The number of nitrogens with zero attached hydrogens (tertiary/aromatic N) is 1. The minimum absolute atomic E-state index is 0.0894. The number of anilines is 1. The Morgan fingerprint density at radius 2 is 2.13 bits per heavy atom. The maximum atomic E-state index is 13.3. The number of pyridine rings is 1. The molecule has 1 aromatic rings. The minimum Gasteiger partial charge on any atom is -0.444 e. The van der Waals surface area contributed by atoms with Crippen molar-refractivity contribution in [1.29, 1.82) is 0 Å². The molecule has 0 aromatic carbocycles. The van der Waals surface area contributed by atoms with Crippen LogP contribution >= 0.6 is 11.6 Å². The minimum atomic E-state index is -2.68. The van der Waals surface area contributed by atoms with Crippen LogP contribution in [0.1, 0.15) is 45.6 Å². The average molecular weight is 345 g/mol. The summed E-state index contributed by atoms with van der Waals surface area (Å²) in [5.74, 6) is -2.68. The second kappa shape index (κ2) is 6.43.